The van der Waals surface area contributed by atoms with Crippen LogP contribution in [0.25, 0.3) is 0 Å². The first-order valence-corrected chi connectivity index (χ1v) is 6.66. The molecule has 0 atom stereocenters. The second-order valence-electron chi connectivity index (χ2n) is 4.70. The lowest BCUT2D eigenvalue weighted by molar-refractivity contribution is -0.148. The fourth-order valence-corrected chi connectivity index (χ4v) is 2.23. The van der Waals surface area contributed by atoms with E-state index in [1.54, 1.807) is 0 Å². The van der Waals surface area contributed by atoms with Gasteiger partial charge in [-0.05, 0) is 18.2 Å². The molecule has 0 aliphatic carbocycles. The number of halogens is 2. The Bertz CT molecular complexity index is 561. The standard InChI is InChI=1S/C13H14ClFN2O4/c14-8-1-2-10(9(15)7-8)16-12(20)17-13(11(18)19)3-5-21-6-4-13/h1-2,7H,3-6H2,(H,18,19)(H2,16,17,20). The first-order chi connectivity index (χ1) is 9.93. The highest BCUT2D eigenvalue weighted by Crippen LogP contribution is 2.22. The van der Waals surface area contributed by atoms with Crippen molar-refractivity contribution in [2.24, 2.45) is 0 Å². The van der Waals surface area contributed by atoms with Crippen molar-refractivity contribution in [3.63, 3.8) is 0 Å². The minimum Gasteiger partial charge on any atom is -0.480 e. The van der Waals surface area contributed by atoms with Crippen LogP contribution in [0, 0.1) is 5.82 Å². The molecule has 21 heavy (non-hydrogen) atoms. The number of carbonyl (C=O) groups is 2. The Morgan fingerprint density at radius 2 is 2.00 bits per heavy atom. The van der Waals surface area contributed by atoms with Gasteiger partial charge in [-0.15, -0.1) is 0 Å². The van der Waals surface area contributed by atoms with Crippen molar-refractivity contribution in [2.75, 3.05) is 18.5 Å². The molecule has 0 bridgehead atoms. The number of hydrogen-bond donors (Lipinski definition) is 3. The number of carboxylic acids is 1. The van der Waals surface area contributed by atoms with E-state index < -0.39 is 23.4 Å². The van der Waals surface area contributed by atoms with Crippen LogP contribution in [0.4, 0.5) is 14.9 Å². The molecule has 0 aromatic heterocycles. The number of benzene rings is 1. The zero-order chi connectivity index (χ0) is 15.5. The summed E-state index contributed by atoms with van der Waals surface area (Å²) in [6.45, 7) is 0.476. The fraction of sp³-hybridized carbons (Fsp3) is 0.385. The molecule has 0 spiro atoms. The maximum atomic E-state index is 13.6. The highest BCUT2D eigenvalue weighted by molar-refractivity contribution is 6.30. The normalized spacial score (nSPS) is 17.0. The molecule has 2 amide bonds. The molecule has 6 nitrogen and oxygen atoms in total. The molecule has 1 aliphatic heterocycles. The van der Waals surface area contributed by atoms with Crippen LogP contribution in [0.2, 0.25) is 5.02 Å². The zero-order valence-corrected chi connectivity index (χ0v) is 11.7. The Morgan fingerprint density at radius 1 is 1.33 bits per heavy atom. The van der Waals surface area contributed by atoms with Gasteiger partial charge in [0, 0.05) is 31.1 Å². The van der Waals surface area contributed by atoms with E-state index in [9.17, 15) is 19.1 Å². The van der Waals surface area contributed by atoms with E-state index in [2.05, 4.69) is 10.6 Å². The highest BCUT2D eigenvalue weighted by Gasteiger charge is 2.41. The monoisotopic (exact) mass is 316 g/mol. The average Bonchev–Trinajstić information content (AvgIpc) is 2.43. The summed E-state index contributed by atoms with van der Waals surface area (Å²) in [5.41, 5.74) is -1.48. The molecule has 1 fully saturated rings. The first-order valence-electron chi connectivity index (χ1n) is 6.28. The molecule has 1 aromatic carbocycles. The molecule has 1 saturated heterocycles. The van der Waals surface area contributed by atoms with Gasteiger partial charge in [-0.1, -0.05) is 11.6 Å². The Balaban J connectivity index is 2.07. The molecule has 1 aromatic rings. The van der Waals surface area contributed by atoms with Crippen LogP contribution in [-0.4, -0.2) is 35.9 Å². The van der Waals surface area contributed by atoms with Gasteiger partial charge in [0.05, 0.1) is 5.69 Å². The number of ether oxygens (including phenoxy) is 1. The van der Waals surface area contributed by atoms with Gasteiger partial charge in [0.25, 0.3) is 0 Å². The van der Waals surface area contributed by atoms with Crippen molar-refractivity contribution in [2.45, 2.75) is 18.4 Å². The molecule has 8 heteroatoms. The van der Waals surface area contributed by atoms with Crippen LogP contribution >= 0.6 is 11.6 Å². The van der Waals surface area contributed by atoms with Crippen LogP contribution in [0.3, 0.4) is 0 Å². The predicted octanol–water partition coefficient (Wildman–Crippen LogP) is 2.23. The summed E-state index contributed by atoms with van der Waals surface area (Å²) in [6, 6.07) is 2.98. The van der Waals surface area contributed by atoms with Gasteiger partial charge in [-0.25, -0.2) is 14.0 Å². The topological polar surface area (TPSA) is 87.7 Å². The van der Waals surface area contributed by atoms with Crippen molar-refractivity contribution in [3.05, 3.63) is 29.0 Å². The Labute approximate surface area is 125 Å². The van der Waals surface area contributed by atoms with Crippen LogP contribution in [-0.2, 0) is 9.53 Å². The van der Waals surface area contributed by atoms with Gasteiger partial charge in [-0.2, -0.15) is 0 Å². The number of amides is 2. The lowest BCUT2D eigenvalue weighted by Gasteiger charge is -2.33. The minimum atomic E-state index is -1.40. The quantitative estimate of drug-likeness (QED) is 0.798. The minimum absolute atomic E-state index is 0.0792. The van der Waals surface area contributed by atoms with Crippen molar-refractivity contribution < 1.29 is 23.8 Å². The summed E-state index contributed by atoms with van der Waals surface area (Å²) < 4.78 is 18.7. The van der Waals surface area contributed by atoms with E-state index in [4.69, 9.17) is 16.3 Å². The van der Waals surface area contributed by atoms with Gasteiger partial charge in [0.1, 0.15) is 11.4 Å². The number of rotatable bonds is 3. The number of aliphatic carboxylic acids is 1. The van der Waals surface area contributed by atoms with Crippen LogP contribution in [0.5, 0.6) is 0 Å². The number of urea groups is 1. The highest BCUT2D eigenvalue weighted by atomic mass is 35.5. The summed E-state index contributed by atoms with van der Waals surface area (Å²) in [5, 5.41) is 14.2. The molecule has 0 saturated carbocycles. The second kappa shape index (κ2) is 6.28. The SMILES string of the molecule is O=C(Nc1ccc(Cl)cc1F)NC1(C(=O)O)CCOCC1. The number of anilines is 1. The smallest absolute Gasteiger partial charge is 0.329 e. The number of hydrogen-bond acceptors (Lipinski definition) is 3. The van der Waals surface area contributed by atoms with Crippen molar-refractivity contribution in [1.82, 2.24) is 5.32 Å². The zero-order valence-electron chi connectivity index (χ0n) is 11.0. The van der Waals surface area contributed by atoms with Crippen molar-refractivity contribution >= 4 is 29.3 Å². The maximum Gasteiger partial charge on any atom is 0.329 e. The van der Waals surface area contributed by atoms with Crippen LogP contribution < -0.4 is 10.6 Å². The Kier molecular flexibility index (Phi) is 4.64. The number of carboxylic acid groups (broad SMARTS) is 1. The second-order valence-corrected chi connectivity index (χ2v) is 5.14. The van der Waals surface area contributed by atoms with Crippen molar-refractivity contribution in [3.8, 4) is 0 Å². The fourth-order valence-electron chi connectivity index (χ4n) is 2.07. The third-order valence-electron chi connectivity index (χ3n) is 3.29. The average molecular weight is 317 g/mol. The van der Waals surface area contributed by atoms with E-state index in [1.165, 1.54) is 12.1 Å². The Morgan fingerprint density at radius 3 is 2.57 bits per heavy atom. The number of carbonyl (C=O) groups excluding carboxylic acids is 1. The lowest BCUT2D eigenvalue weighted by atomic mass is 9.90. The molecule has 1 aliphatic rings. The van der Waals surface area contributed by atoms with Gasteiger partial charge in [-0.3, -0.25) is 0 Å². The lowest BCUT2D eigenvalue weighted by Crippen LogP contribution is -2.58. The molecule has 0 radical (unpaired) electrons. The Hall–Kier alpha value is -1.86. The third-order valence-corrected chi connectivity index (χ3v) is 3.52. The first kappa shape index (κ1) is 15.5. The van der Waals surface area contributed by atoms with Crippen LogP contribution in [0.1, 0.15) is 12.8 Å². The summed E-state index contributed by atoms with van der Waals surface area (Å²) in [5.74, 6) is -1.84. The molecule has 3 N–H and O–H groups in total. The van der Waals surface area contributed by atoms with E-state index in [-0.39, 0.29) is 36.8 Å². The summed E-state index contributed by atoms with van der Waals surface area (Å²) >= 11 is 5.61. The van der Waals surface area contributed by atoms with E-state index in [1.807, 2.05) is 0 Å². The maximum absolute atomic E-state index is 13.6. The molecule has 1 heterocycles. The van der Waals surface area contributed by atoms with E-state index in [0.717, 1.165) is 6.07 Å². The largest absolute Gasteiger partial charge is 0.480 e. The summed E-state index contributed by atoms with van der Waals surface area (Å²) in [6.07, 6.45) is 0.303. The molecular weight excluding hydrogens is 303 g/mol. The van der Waals surface area contributed by atoms with Gasteiger partial charge >= 0.3 is 12.0 Å². The van der Waals surface area contributed by atoms with Crippen molar-refractivity contribution in [1.29, 1.82) is 0 Å². The van der Waals surface area contributed by atoms with Gasteiger partial charge in [0.2, 0.25) is 0 Å². The molecule has 2 rings (SSSR count). The molecule has 114 valence electrons. The number of nitrogens with one attached hydrogen (secondary N) is 2. The van der Waals surface area contributed by atoms with E-state index in [0.29, 0.717) is 0 Å². The third kappa shape index (κ3) is 3.62. The molecule has 0 unspecified atom stereocenters. The van der Waals surface area contributed by atoms with Crippen LogP contribution in [0.15, 0.2) is 18.2 Å². The van der Waals surface area contributed by atoms with Gasteiger partial charge in [0.15, 0.2) is 0 Å². The van der Waals surface area contributed by atoms with E-state index >= 15 is 0 Å². The molecular formula is C13H14ClFN2O4. The van der Waals surface area contributed by atoms with Gasteiger partial charge < -0.3 is 20.5 Å². The summed E-state index contributed by atoms with van der Waals surface area (Å²) in [4.78, 5) is 23.3. The summed E-state index contributed by atoms with van der Waals surface area (Å²) in [7, 11) is 0. The predicted molar refractivity (Wildman–Crippen MR) is 74.0 cm³/mol.